The number of nitrogens with one attached hydrogen (secondary N) is 1. The molecule has 5 nitrogen and oxygen atoms in total. The summed E-state index contributed by atoms with van der Waals surface area (Å²) in [6.45, 7) is 11.7. The van der Waals surface area contributed by atoms with Crippen molar-refractivity contribution in [3.63, 3.8) is 0 Å². The molecule has 0 unspecified atom stereocenters. The molecule has 8 heteroatoms. The third kappa shape index (κ3) is 6.36. The Kier molecular flexibility index (Phi) is 8.15. The van der Waals surface area contributed by atoms with Crippen molar-refractivity contribution in [1.82, 2.24) is 0 Å². The van der Waals surface area contributed by atoms with Gasteiger partial charge in [0.1, 0.15) is 17.9 Å². The first kappa shape index (κ1) is 26.6. The van der Waals surface area contributed by atoms with Gasteiger partial charge in [0.25, 0.3) is 5.76 Å². The highest BCUT2D eigenvalue weighted by molar-refractivity contribution is 5.83. The number of hydrogen-bond acceptors (Lipinski definition) is 4. The van der Waals surface area contributed by atoms with Crippen molar-refractivity contribution in [2.75, 3.05) is 13.1 Å². The van der Waals surface area contributed by atoms with Crippen LogP contribution in [0.25, 0.3) is 11.0 Å². The van der Waals surface area contributed by atoms with E-state index in [-0.39, 0.29) is 28.8 Å². The van der Waals surface area contributed by atoms with Gasteiger partial charge in [0.05, 0.1) is 18.5 Å². The Morgan fingerprint density at radius 1 is 1.00 bits per heavy atom. The topological polar surface area (TPSA) is 66.9 Å². The lowest BCUT2D eigenvalue weighted by molar-refractivity contribution is -0.919. The summed E-state index contributed by atoms with van der Waals surface area (Å²) in [5.74, 6) is -2.23. The average Bonchev–Trinajstić information content (AvgIpc) is 2.76. The van der Waals surface area contributed by atoms with Gasteiger partial charge in [-0.05, 0) is 30.2 Å². The first-order valence-electron chi connectivity index (χ1n) is 11.9. The molecule has 0 aliphatic heterocycles. The van der Waals surface area contributed by atoms with E-state index in [0.717, 1.165) is 30.0 Å². The maximum Gasteiger partial charge on any atom is 0.453 e. The molecule has 1 heterocycles. The van der Waals surface area contributed by atoms with Crippen LogP contribution in [-0.2, 0) is 19.1 Å². The van der Waals surface area contributed by atoms with E-state index < -0.39 is 28.9 Å². The minimum absolute atomic E-state index is 0.0697. The van der Waals surface area contributed by atoms with E-state index in [9.17, 15) is 23.1 Å². The van der Waals surface area contributed by atoms with Gasteiger partial charge in [0.2, 0.25) is 11.2 Å². The van der Waals surface area contributed by atoms with E-state index in [0.29, 0.717) is 11.8 Å². The fourth-order valence-corrected chi connectivity index (χ4v) is 4.27. The monoisotopic (exact) mass is 491 g/mol. The molecule has 0 atom stereocenters. The van der Waals surface area contributed by atoms with Crippen molar-refractivity contribution in [3.8, 4) is 17.2 Å². The SMILES string of the molecule is CCc1ccc(Oc2c(C(F)(F)F)oc3c(C[NH+](CC(C)C)CC(C)C)c([O-])ccc3c2=O)cc1. The summed E-state index contributed by atoms with van der Waals surface area (Å²) in [6, 6.07) is 8.87. The molecule has 0 aliphatic carbocycles. The Morgan fingerprint density at radius 2 is 1.60 bits per heavy atom. The molecule has 0 saturated heterocycles. The minimum atomic E-state index is -5.00. The van der Waals surface area contributed by atoms with Crippen molar-refractivity contribution in [2.24, 2.45) is 11.8 Å². The second kappa shape index (κ2) is 10.7. The molecular weight excluding hydrogens is 459 g/mol. The second-order valence-electron chi connectivity index (χ2n) is 9.73. The van der Waals surface area contributed by atoms with Crippen LogP contribution in [0.3, 0.4) is 0 Å². The molecule has 0 radical (unpaired) electrons. The zero-order chi connectivity index (χ0) is 25.9. The van der Waals surface area contributed by atoms with Gasteiger partial charge in [-0.25, -0.2) is 0 Å². The summed E-state index contributed by atoms with van der Waals surface area (Å²) in [6.07, 6.45) is -4.25. The number of rotatable bonds is 9. The third-order valence-corrected chi connectivity index (χ3v) is 5.71. The molecule has 0 spiro atoms. The molecule has 0 bridgehead atoms. The Balaban J connectivity index is 2.17. The van der Waals surface area contributed by atoms with E-state index in [4.69, 9.17) is 9.15 Å². The van der Waals surface area contributed by atoms with Gasteiger partial charge in [-0.1, -0.05) is 58.6 Å². The van der Waals surface area contributed by atoms with Crippen molar-refractivity contribution < 1.29 is 32.3 Å². The maximum atomic E-state index is 14.0. The molecule has 1 N–H and O–H groups in total. The number of hydrogen-bond donors (Lipinski definition) is 1. The van der Waals surface area contributed by atoms with Crippen molar-refractivity contribution in [2.45, 2.75) is 53.8 Å². The quantitative estimate of drug-likeness (QED) is 0.461. The standard InChI is InChI=1S/C27H32F3NO4/c1-6-18-7-9-19(10-8-18)34-25-23(33)20-11-12-22(32)21(24(20)35-26(25)27(28,29)30)15-31(13-16(2)3)14-17(4)5/h7-12,16-17,32H,6,13-15H2,1-5H3. The molecule has 35 heavy (non-hydrogen) atoms. The summed E-state index contributed by atoms with van der Waals surface area (Å²) in [7, 11) is 0. The number of alkyl halides is 3. The summed E-state index contributed by atoms with van der Waals surface area (Å²) in [5, 5.41) is 12.7. The number of fused-ring (bicyclic) bond motifs is 1. The van der Waals surface area contributed by atoms with E-state index in [1.807, 2.05) is 34.6 Å². The van der Waals surface area contributed by atoms with Crippen LogP contribution in [0.4, 0.5) is 13.2 Å². The van der Waals surface area contributed by atoms with E-state index in [1.54, 1.807) is 12.1 Å². The molecule has 3 rings (SSSR count). The van der Waals surface area contributed by atoms with Gasteiger partial charge < -0.3 is 19.2 Å². The lowest BCUT2D eigenvalue weighted by Crippen LogP contribution is -3.11. The van der Waals surface area contributed by atoms with Crippen molar-refractivity contribution >= 4 is 11.0 Å². The van der Waals surface area contributed by atoms with Gasteiger partial charge in [-0.15, -0.1) is 0 Å². The van der Waals surface area contributed by atoms with Crippen LogP contribution in [0.15, 0.2) is 45.6 Å². The summed E-state index contributed by atoms with van der Waals surface area (Å²) in [4.78, 5) is 14.3. The summed E-state index contributed by atoms with van der Waals surface area (Å²) < 4.78 is 52.8. The lowest BCUT2D eigenvalue weighted by atomic mass is 10.1. The van der Waals surface area contributed by atoms with Crippen LogP contribution in [-0.4, -0.2) is 13.1 Å². The van der Waals surface area contributed by atoms with Crippen molar-refractivity contribution in [3.05, 3.63) is 63.5 Å². The predicted molar refractivity (Wildman–Crippen MR) is 127 cm³/mol. The normalized spacial score (nSPS) is 12.3. The van der Waals surface area contributed by atoms with Crippen LogP contribution in [0.2, 0.25) is 0 Å². The highest BCUT2D eigenvalue weighted by Crippen LogP contribution is 2.39. The molecule has 0 amide bonds. The highest BCUT2D eigenvalue weighted by Gasteiger charge is 2.41. The zero-order valence-corrected chi connectivity index (χ0v) is 20.7. The minimum Gasteiger partial charge on any atom is -0.872 e. The van der Waals surface area contributed by atoms with Gasteiger partial charge in [-0.3, -0.25) is 4.79 Å². The Morgan fingerprint density at radius 3 is 2.11 bits per heavy atom. The first-order valence-corrected chi connectivity index (χ1v) is 11.9. The van der Waals surface area contributed by atoms with Gasteiger partial charge >= 0.3 is 6.18 Å². The van der Waals surface area contributed by atoms with Crippen molar-refractivity contribution in [1.29, 1.82) is 0 Å². The molecule has 0 aliphatic rings. The number of benzene rings is 2. The second-order valence-corrected chi connectivity index (χ2v) is 9.73. The Labute approximate surface area is 203 Å². The summed E-state index contributed by atoms with van der Waals surface area (Å²) >= 11 is 0. The van der Waals surface area contributed by atoms with Gasteiger partial charge in [0.15, 0.2) is 0 Å². The summed E-state index contributed by atoms with van der Waals surface area (Å²) in [5.41, 5.74) is -0.246. The average molecular weight is 492 g/mol. The molecule has 3 aromatic rings. The molecule has 0 fully saturated rings. The third-order valence-electron chi connectivity index (χ3n) is 5.71. The molecule has 1 aromatic heterocycles. The Bertz CT molecular complexity index is 1200. The highest BCUT2D eigenvalue weighted by atomic mass is 19.4. The van der Waals surface area contributed by atoms with E-state index in [1.165, 1.54) is 24.3 Å². The van der Waals surface area contributed by atoms with Crippen LogP contribution < -0.4 is 20.2 Å². The van der Waals surface area contributed by atoms with Crippen LogP contribution in [0, 0.1) is 11.8 Å². The first-order chi connectivity index (χ1) is 16.4. The number of halogens is 3. The van der Waals surface area contributed by atoms with Crippen LogP contribution in [0.1, 0.15) is 51.5 Å². The predicted octanol–water partition coefficient (Wildman–Crippen LogP) is 4.94. The molecule has 2 aromatic carbocycles. The zero-order valence-electron chi connectivity index (χ0n) is 20.7. The number of ether oxygens (including phenoxy) is 1. The maximum absolute atomic E-state index is 14.0. The number of quaternary nitrogens is 1. The largest absolute Gasteiger partial charge is 0.872 e. The van der Waals surface area contributed by atoms with Gasteiger partial charge in [-0.2, -0.15) is 13.2 Å². The smallest absolute Gasteiger partial charge is 0.453 e. The fraction of sp³-hybridized carbons (Fsp3) is 0.444. The fourth-order valence-electron chi connectivity index (χ4n) is 4.27. The van der Waals surface area contributed by atoms with E-state index in [2.05, 4.69) is 0 Å². The molecule has 0 saturated carbocycles. The lowest BCUT2D eigenvalue weighted by Gasteiger charge is -2.26. The van der Waals surface area contributed by atoms with Crippen LogP contribution >= 0.6 is 0 Å². The Hall–Kier alpha value is -3.00. The molecular formula is C27H32F3NO4. The number of aryl methyl sites for hydroxylation is 1. The molecule has 190 valence electrons. The van der Waals surface area contributed by atoms with Gasteiger partial charge in [0, 0.05) is 17.4 Å². The van der Waals surface area contributed by atoms with E-state index >= 15 is 0 Å². The van der Waals surface area contributed by atoms with Crippen LogP contribution in [0.5, 0.6) is 17.2 Å².